The van der Waals surface area contributed by atoms with Crippen LogP contribution in [0.25, 0.3) is 0 Å². The van der Waals surface area contributed by atoms with Gasteiger partial charge in [-0.25, -0.2) is 9.97 Å². The van der Waals surface area contributed by atoms with Crippen molar-refractivity contribution in [1.82, 2.24) is 9.97 Å². The second kappa shape index (κ2) is 6.69. The van der Waals surface area contributed by atoms with Gasteiger partial charge in [0.1, 0.15) is 5.82 Å². The predicted molar refractivity (Wildman–Crippen MR) is 69.0 cm³/mol. The molecule has 1 aromatic rings. The number of anilines is 1. The van der Waals surface area contributed by atoms with E-state index in [1.165, 1.54) is 19.3 Å². The maximum atomic E-state index is 5.80. The van der Waals surface area contributed by atoms with Gasteiger partial charge in [-0.2, -0.15) is 0 Å². The van der Waals surface area contributed by atoms with Crippen LogP contribution in [0.2, 0.25) is 5.28 Å². The minimum Gasteiger partial charge on any atom is -0.367 e. The second-order valence-electron chi connectivity index (χ2n) is 4.20. The molecule has 0 aliphatic heterocycles. The molecule has 3 nitrogen and oxygen atoms in total. The summed E-state index contributed by atoms with van der Waals surface area (Å²) in [6, 6.07) is 2.35. The summed E-state index contributed by atoms with van der Waals surface area (Å²) in [7, 11) is 0. The van der Waals surface area contributed by atoms with Crippen molar-refractivity contribution >= 4 is 17.4 Å². The molecule has 0 aliphatic carbocycles. The van der Waals surface area contributed by atoms with Crippen LogP contribution in [-0.2, 0) is 0 Å². The van der Waals surface area contributed by atoms with Crippen LogP contribution in [0, 0.1) is 6.92 Å². The van der Waals surface area contributed by atoms with E-state index in [9.17, 15) is 0 Å². The van der Waals surface area contributed by atoms with Crippen LogP contribution in [0.1, 0.15) is 45.2 Å². The zero-order valence-electron chi connectivity index (χ0n) is 10.3. The molecular formula is C12H20ClN3. The van der Waals surface area contributed by atoms with Gasteiger partial charge in [-0.1, -0.05) is 26.2 Å². The van der Waals surface area contributed by atoms with E-state index in [1.807, 2.05) is 13.0 Å². The Hall–Kier alpha value is -0.830. The van der Waals surface area contributed by atoms with Gasteiger partial charge in [-0.05, 0) is 31.9 Å². The predicted octanol–water partition coefficient (Wildman–Crippen LogP) is 3.82. The number of hydrogen-bond acceptors (Lipinski definition) is 3. The smallest absolute Gasteiger partial charge is 0.224 e. The highest BCUT2D eigenvalue weighted by Crippen LogP contribution is 2.13. The normalized spacial score (nSPS) is 12.5. The summed E-state index contributed by atoms with van der Waals surface area (Å²) in [4.78, 5) is 8.18. The van der Waals surface area contributed by atoms with E-state index in [4.69, 9.17) is 11.6 Å². The molecule has 0 saturated carbocycles. The number of unbranched alkanes of at least 4 members (excludes halogenated alkanes) is 2. The lowest BCUT2D eigenvalue weighted by Gasteiger charge is -2.14. The van der Waals surface area contributed by atoms with Crippen LogP contribution >= 0.6 is 11.6 Å². The van der Waals surface area contributed by atoms with Gasteiger partial charge in [-0.15, -0.1) is 0 Å². The lowest BCUT2D eigenvalue weighted by molar-refractivity contribution is 0.613. The maximum Gasteiger partial charge on any atom is 0.224 e. The van der Waals surface area contributed by atoms with E-state index >= 15 is 0 Å². The topological polar surface area (TPSA) is 37.8 Å². The van der Waals surface area contributed by atoms with Gasteiger partial charge in [-0.3, -0.25) is 0 Å². The fraction of sp³-hybridized carbons (Fsp3) is 0.667. The van der Waals surface area contributed by atoms with Crippen molar-refractivity contribution in [3.8, 4) is 0 Å². The molecule has 4 heteroatoms. The average molecular weight is 242 g/mol. The van der Waals surface area contributed by atoms with Gasteiger partial charge in [0, 0.05) is 17.8 Å². The van der Waals surface area contributed by atoms with Crippen molar-refractivity contribution in [2.45, 2.75) is 52.5 Å². The molecule has 1 heterocycles. The first-order valence-corrected chi connectivity index (χ1v) is 6.27. The van der Waals surface area contributed by atoms with Gasteiger partial charge < -0.3 is 5.32 Å². The Morgan fingerprint density at radius 3 is 2.75 bits per heavy atom. The number of halogens is 1. The van der Waals surface area contributed by atoms with E-state index in [2.05, 4.69) is 29.1 Å². The Bertz CT molecular complexity index is 308. The van der Waals surface area contributed by atoms with E-state index < -0.39 is 0 Å². The lowest BCUT2D eigenvalue weighted by Crippen LogP contribution is -2.16. The summed E-state index contributed by atoms with van der Waals surface area (Å²) in [5.74, 6) is 0.821. The first kappa shape index (κ1) is 13.2. The Kier molecular flexibility index (Phi) is 5.53. The minimum absolute atomic E-state index is 0.309. The molecule has 0 saturated heterocycles. The average Bonchev–Trinajstić information content (AvgIpc) is 2.16. The number of hydrogen-bond donors (Lipinski definition) is 1. The molecule has 1 N–H and O–H groups in total. The summed E-state index contributed by atoms with van der Waals surface area (Å²) < 4.78 is 0. The molecule has 0 fully saturated rings. The summed E-state index contributed by atoms with van der Waals surface area (Å²) in [6.07, 6.45) is 4.96. The Morgan fingerprint density at radius 1 is 1.38 bits per heavy atom. The van der Waals surface area contributed by atoms with Crippen molar-refractivity contribution in [1.29, 1.82) is 0 Å². The maximum absolute atomic E-state index is 5.80. The van der Waals surface area contributed by atoms with Gasteiger partial charge >= 0.3 is 0 Å². The third-order valence-electron chi connectivity index (χ3n) is 2.46. The Labute approximate surface area is 103 Å². The van der Waals surface area contributed by atoms with E-state index in [0.717, 1.165) is 17.9 Å². The van der Waals surface area contributed by atoms with Crippen molar-refractivity contribution in [2.75, 3.05) is 5.32 Å². The van der Waals surface area contributed by atoms with Crippen molar-refractivity contribution in [2.24, 2.45) is 0 Å². The molecule has 0 radical (unpaired) electrons. The molecule has 0 spiro atoms. The number of rotatable bonds is 6. The minimum atomic E-state index is 0.309. The number of aromatic nitrogens is 2. The van der Waals surface area contributed by atoms with Gasteiger partial charge in [0.2, 0.25) is 5.28 Å². The molecule has 1 atom stereocenters. The highest BCUT2D eigenvalue weighted by molar-refractivity contribution is 6.28. The van der Waals surface area contributed by atoms with Gasteiger partial charge in [0.05, 0.1) is 0 Å². The van der Waals surface area contributed by atoms with E-state index in [0.29, 0.717) is 11.3 Å². The van der Waals surface area contributed by atoms with Crippen LogP contribution in [-0.4, -0.2) is 16.0 Å². The summed E-state index contributed by atoms with van der Waals surface area (Å²) in [5, 5.41) is 3.66. The van der Waals surface area contributed by atoms with Crippen molar-refractivity contribution in [3.63, 3.8) is 0 Å². The monoisotopic (exact) mass is 241 g/mol. The third-order valence-corrected chi connectivity index (χ3v) is 2.63. The lowest BCUT2D eigenvalue weighted by atomic mass is 10.1. The van der Waals surface area contributed by atoms with Gasteiger partial charge in [0.15, 0.2) is 0 Å². The van der Waals surface area contributed by atoms with Crippen molar-refractivity contribution in [3.05, 3.63) is 17.0 Å². The molecule has 90 valence electrons. The van der Waals surface area contributed by atoms with Crippen molar-refractivity contribution < 1.29 is 0 Å². The van der Waals surface area contributed by atoms with Gasteiger partial charge in [0.25, 0.3) is 0 Å². The summed E-state index contributed by atoms with van der Waals surface area (Å²) >= 11 is 5.80. The zero-order valence-corrected chi connectivity index (χ0v) is 11.0. The molecule has 0 bridgehead atoms. The second-order valence-corrected chi connectivity index (χ2v) is 4.54. The summed E-state index contributed by atoms with van der Waals surface area (Å²) in [6.45, 7) is 6.30. The van der Waals surface area contributed by atoms with E-state index in [1.54, 1.807) is 0 Å². The third kappa shape index (κ3) is 4.79. The molecule has 1 rings (SSSR count). The molecule has 0 aliphatic rings. The molecule has 1 unspecified atom stereocenters. The quantitative estimate of drug-likeness (QED) is 0.608. The Morgan fingerprint density at radius 2 is 2.12 bits per heavy atom. The SMILES string of the molecule is CCCCCC(C)Nc1cc(C)nc(Cl)n1. The standard InChI is InChI=1S/C12H20ClN3/c1-4-5-6-7-9(2)14-11-8-10(3)15-12(13)16-11/h8-9H,4-7H2,1-3H3,(H,14,15,16). The van der Waals surface area contributed by atoms with Crippen LogP contribution in [0.15, 0.2) is 6.07 Å². The highest BCUT2D eigenvalue weighted by Gasteiger charge is 2.04. The molecule has 16 heavy (non-hydrogen) atoms. The molecule has 0 amide bonds. The molecule has 1 aromatic heterocycles. The van der Waals surface area contributed by atoms with Crippen LogP contribution in [0.5, 0.6) is 0 Å². The summed E-state index contributed by atoms with van der Waals surface area (Å²) in [5.41, 5.74) is 0.892. The molecular weight excluding hydrogens is 222 g/mol. The fourth-order valence-electron chi connectivity index (χ4n) is 1.63. The first-order valence-electron chi connectivity index (χ1n) is 5.89. The first-order chi connectivity index (χ1) is 7.61. The zero-order chi connectivity index (χ0) is 12.0. The number of aryl methyl sites for hydroxylation is 1. The van der Waals surface area contributed by atoms with Crippen LogP contribution < -0.4 is 5.32 Å². The largest absolute Gasteiger partial charge is 0.367 e. The van der Waals surface area contributed by atoms with E-state index in [-0.39, 0.29) is 0 Å². The number of nitrogens with zero attached hydrogens (tertiary/aromatic N) is 2. The van der Waals surface area contributed by atoms with Crippen LogP contribution in [0.4, 0.5) is 5.82 Å². The van der Waals surface area contributed by atoms with Crippen LogP contribution in [0.3, 0.4) is 0 Å². The highest BCUT2D eigenvalue weighted by atomic mass is 35.5. The Balaban J connectivity index is 2.45. The fourth-order valence-corrected chi connectivity index (χ4v) is 1.86. The molecule has 0 aromatic carbocycles. The number of nitrogens with one attached hydrogen (secondary N) is 1.